The van der Waals surface area contributed by atoms with Crippen LogP contribution >= 0.6 is 34.8 Å². The van der Waals surface area contributed by atoms with Gasteiger partial charge in [0.1, 0.15) is 5.92 Å². The van der Waals surface area contributed by atoms with Crippen molar-refractivity contribution in [3.05, 3.63) is 32.8 Å². The molecule has 3 nitrogen and oxygen atoms in total. The predicted molar refractivity (Wildman–Crippen MR) is 62.6 cm³/mol. The second-order valence-corrected chi connectivity index (χ2v) is 4.39. The Labute approximate surface area is 107 Å². The molecule has 0 amide bonds. The SMILES string of the molecule is C[C@H](C(=O)O)C(=O)c1cc(Cl)c(Cl)cc1Cl. The van der Waals surface area contributed by atoms with Gasteiger partial charge in [-0.15, -0.1) is 0 Å². The minimum absolute atomic E-state index is 0.0611. The fourth-order valence-corrected chi connectivity index (χ4v) is 1.70. The van der Waals surface area contributed by atoms with E-state index in [1.54, 1.807) is 0 Å². The third-order valence-electron chi connectivity index (χ3n) is 2.04. The van der Waals surface area contributed by atoms with Crippen LogP contribution in [0, 0.1) is 5.92 Å². The number of Topliss-reactive ketones (excluding diaryl/α,β-unsaturated/α-hetero) is 1. The number of carboxylic acid groups (broad SMARTS) is 1. The molecule has 0 aliphatic rings. The van der Waals surface area contributed by atoms with E-state index in [1.165, 1.54) is 19.1 Å². The van der Waals surface area contributed by atoms with Crippen LogP contribution in [0.4, 0.5) is 0 Å². The Hall–Kier alpha value is -0.770. The molecule has 0 bridgehead atoms. The van der Waals surface area contributed by atoms with E-state index in [1.807, 2.05) is 0 Å². The molecule has 86 valence electrons. The van der Waals surface area contributed by atoms with Crippen LogP contribution in [0.1, 0.15) is 17.3 Å². The summed E-state index contributed by atoms with van der Waals surface area (Å²) >= 11 is 17.2. The molecule has 1 aromatic carbocycles. The van der Waals surface area contributed by atoms with Crippen molar-refractivity contribution in [1.82, 2.24) is 0 Å². The van der Waals surface area contributed by atoms with E-state index in [2.05, 4.69) is 0 Å². The fraction of sp³-hybridized carbons (Fsp3) is 0.200. The van der Waals surface area contributed by atoms with Gasteiger partial charge in [-0.1, -0.05) is 34.8 Å². The van der Waals surface area contributed by atoms with Crippen molar-refractivity contribution in [3.63, 3.8) is 0 Å². The molecule has 0 aliphatic heterocycles. The van der Waals surface area contributed by atoms with Crippen molar-refractivity contribution in [2.45, 2.75) is 6.92 Å². The van der Waals surface area contributed by atoms with Crippen molar-refractivity contribution in [2.24, 2.45) is 5.92 Å². The number of rotatable bonds is 3. The molecule has 0 unspecified atom stereocenters. The van der Waals surface area contributed by atoms with E-state index in [-0.39, 0.29) is 20.6 Å². The Morgan fingerprint density at radius 1 is 1.12 bits per heavy atom. The number of aliphatic carboxylic acids is 1. The lowest BCUT2D eigenvalue weighted by Gasteiger charge is -2.08. The minimum atomic E-state index is -1.22. The van der Waals surface area contributed by atoms with Crippen LogP contribution in [0.5, 0.6) is 0 Å². The molecule has 1 rings (SSSR count). The Morgan fingerprint density at radius 2 is 1.62 bits per heavy atom. The van der Waals surface area contributed by atoms with Gasteiger partial charge in [0.25, 0.3) is 0 Å². The van der Waals surface area contributed by atoms with Crippen LogP contribution in [0.2, 0.25) is 15.1 Å². The van der Waals surface area contributed by atoms with Gasteiger partial charge < -0.3 is 5.11 Å². The van der Waals surface area contributed by atoms with E-state index in [0.29, 0.717) is 0 Å². The van der Waals surface area contributed by atoms with Crippen LogP contribution in [-0.2, 0) is 4.79 Å². The first-order valence-electron chi connectivity index (χ1n) is 4.26. The van der Waals surface area contributed by atoms with Crippen molar-refractivity contribution in [1.29, 1.82) is 0 Å². The molecule has 6 heteroatoms. The summed E-state index contributed by atoms with van der Waals surface area (Å²) in [5.41, 5.74) is 0.0611. The molecule has 16 heavy (non-hydrogen) atoms. The van der Waals surface area contributed by atoms with E-state index in [4.69, 9.17) is 39.9 Å². The maximum Gasteiger partial charge on any atom is 0.314 e. The minimum Gasteiger partial charge on any atom is -0.481 e. The molecular formula is C10H7Cl3O3. The topological polar surface area (TPSA) is 54.4 Å². The number of ketones is 1. The molecule has 0 saturated carbocycles. The average Bonchev–Trinajstić information content (AvgIpc) is 2.21. The fourth-order valence-electron chi connectivity index (χ4n) is 1.06. The van der Waals surface area contributed by atoms with Crippen molar-refractivity contribution in [3.8, 4) is 0 Å². The standard InChI is InChI=1S/C10H7Cl3O3/c1-4(10(15)16)9(14)5-2-7(12)8(13)3-6(5)11/h2-4H,1H3,(H,15,16)/t4-/m0/s1. The zero-order valence-electron chi connectivity index (χ0n) is 8.13. The zero-order chi connectivity index (χ0) is 12.5. The highest BCUT2D eigenvalue weighted by Crippen LogP contribution is 2.30. The number of carbonyl (C=O) groups is 2. The highest BCUT2D eigenvalue weighted by atomic mass is 35.5. The van der Waals surface area contributed by atoms with Gasteiger partial charge in [0.2, 0.25) is 0 Å². The first-order chi connectivity index (χ1) is 7.34. The van der Waals surface area contributed by atoms with Crippen LogP contribution in [0.3, 0.4) is 0 Å². The first kappa shape index (κ1) is 13.3. The number of hydrogen-bond acceptors (Lipinski definition) is 2. The molecule has 1 atom stereocenters. The number of hydrogen-bond donors (Lipinski definition) is 1. The first-order valence-corrected chi connectivity index (χ1v) is 5.39. The Balaban J connectivity index is 3.19. The number of halogens is 3. The number of carbonyl (C=O) groups excluding carboxylic acids is 1. The Morgan fingerprint density at radius 3 is 2.12 bits per heavy atom. The summed E-state index contributed by atoms with van der Waals surface area (Å²) in [6.45, 7) is 1.28. The lowest BCUT2D eigenvalue weighted by atomic mass is 9.99. The molecule has 1 aromatic rings. The van der Waals surface area contributed by atoms with Gasteiger partial charge in [-0.3, -0.25) is 9.59 Å². The van der Waals surface area contributed by atoms with E-state index >= 15 is 0 Å². The molecule has 0 radical (unpaired) electrons. The summed E-state index contributed by atoms with van der Waals surface area (Å²) in [6, 6.07) is 2.58. The summed E-state index contributed by atoms with van der Waals surface area (Å²) in [5.74, 6) is -2.99. The van der Waals surface area contributed by atoms with Gasteiger partial charge in [-0.05, 0) is 19.1 Å². The van der Waals surface area contributed by atoms with Crippen LogP contribution < -0.4 is 0 Å². The summed E-state index contributed by atoms with van der Waals surface area (Å²) in [4.78, 5) is 22.4. The summed E-state index contributed by atoms with van der Waals surface area (Å²) < 4.78 is 0. The molecule has 0 aromatic heterocycles. The maximum atomic E-state index is 11.7. The van der Waals surface area contributed by atoms with Gasteiger partial charge in [0.05, 0.1) is 15.1 Å². The lowest BCUT2D eigenvalue weighted by Crippen LogP contribution is -2.20. The molecule has 0 aliphatic carbocycles. The number of carboxylic acids is 1. The van der Waals surface area contributed by atoms with Gasteiger partial charge >= 0.3 is 5.97 Å². The molecule has 0 heterocycles. The van der Waals surface area contributed by atoms with Crippen LogP contribution in [0.15, 0.2) is 12.1 Å². The predicted octanol–water partition coefficient (Wildman–Crippen LogP) is 3.55. The Kier molecular flexibility index (Phi) is 4.19. The summed E-state index contributed by atoms with van der Waals surface area (Å²) in [6.07, 6.45) is 0. The zero-order valence-corrected chi connectivity index (χ0v) is 10.4. The lowest BCUT2D eigenvalue weighted by molar-refractivity contribution is -0.139. The molecule has 0 fully saturated rings. The van der Waals surface area contributed by atoms with Crippen molar-refractivity contribution in [2.75, 3.05) is 0 Å². The second-order valence-electron chi connectivity index (χ2n) is 3.17. The van der Waals surface area contributed by atoms with Gasteiger partial charge in [-0.2, -0.15) is 0 Å². The third-order valence-corrected chi connectivity index (χ3v) is 3.07. The van der Waals surface area contributed by atoms with Gasteiger partial charge in [0, 0.05) is 5.56 Å². The summed E-state index contributed by atoms with van der Waals surface area (Å²) in [7, 11) is 0. The van der Waals surface area contributed by atoms with Crippen LogP contribution in [0.25, 0.3) is 0 Å². The average molecular weight is 282 g/mol. The van der Waals surface area contributed by atoms with Crippen molar-refractivity contribution >= 4 is 46.6 Å². The van der Waals surface area contributed by atoms with E-state index in [9.17, 15) is 9.59 Å². The highest BCUT2D eigenvalue weighted by Gasteiger charge is 2.24. The largest absolute Gasteiger partial charge is 0.481 e. The smallest absolute Gasteiger partial charge is 0.314 e. The Bertz CT molecular complexity index is 457. The van der Waals surface area contributed by atoms with Gasteiger partial charge in [0.15, 0.2) is 5.78 Å². The maximum absolute atomic E-state index is 11.7. The quantitative estimate of drug-likeness (QED) is 0.524. The molecule has 0 spiro atoms. The normalized spacial score (nSPS) is 12.2. The van der Waals surface area contributed by atoms with Crippen molar-refractivity contribution < 1.29 is 14.7 Å². The second kappa shape index (κ2) is 5.04. The molecule has 0 saturated heterocycles. The monoisotopic (exact) mass is 280 g/mol. The van der Waals surface area contributed by atoms with Gasteiger partial charge in [-0.25, -0.2) is 0 Å². The van der Waals surface area contributed by atoms with E-state index in [0.717, 1.165) is 0 Å². The van der Waals surface area contributed by atoms with E-state index < -0.39 is 17.7 Å². The summed E-state index contributed by atoms with van der Waals surface area (Å²) in [5, 5.41) is 9.17. The highest BCUT2D eigenvalue weighted by molar-refractivity contribution is 6.44. The number of benzene rings is 1. The third kappa shape index (κ3) is 2.67. The van der Waals surface area contributed by atoms with Crippen LogP contribution in [-0.4, -0.2) is 16.9 Å². The molecular weight excluding hydrogens is 274 g/mol. The molecule has 1 N–H and O–H groups in total.